The molecule has 0 aliphatic heterocycles. The van der Waals surface area contributed by atoms with E-state index in [-0.39, 0.29) is 18.8 Å². The maximum absolute atomic E-state index is 13.2. The zero-order chi connectivity index (χ0) is 14.6. The van der Waals surface area contributed by atoms with Crippen LogP contribution >= 0.6 is 0 Å². The van der Waals surface area contributed by atoms with Gasteiger partial charge in [-0.25, -0.2) is 17.2 Å². The minimum absolute atomic E-state index is 0.0300. The highest BCUT2D eigenvalue weighted by atomic mass is 32.2. The monoisotopic (exact) mass is 292 g/mol. The summed E-state index contributed by atoms with van der Waals surface area (Å²) in [6, 6.07) is 2.77. The summed E-state index contributed by atoms with van der Waals surface area (Å²) in [6.07, 6.45) is 1.14. The number of benzene rings is 1. The van der Waals surface area contributed by atoms with Crippen LogP contribution in [-0.2, 0) is 9.84 Å². The lowest BCUT2D eigenvalue weighted by atomic mass is 10.1. The molecular weight excluding hydrogens is 274 g/mol. The summed E-state index contributed by atoms with van der Waals surface area (Å²) in [5.41, 5.74) is 6.01. The quantitative estimate of drug-likeness (QED) is 0.847. The van der Waals surface area contributed by atoms with E-state index in [4.69, 9.17) is 5.73 Å². The van der Waals surface area contributed by atoms with Crippen LogP contribution in [0.5, 0.6) is 0 Å². The molecule has 1 aromatic carbocycles. The van der Waals surface area contributed by atoms with E-state index in [0.29, 0.717) is 5.56 Å². The fourth-order valence-corrected chi connectivity index (χ4v) is 2.42. The molecule has 0 aliphatic rings. The van der Waals surface area contributed by atoms with E-state index >= 15 is 0 Å². The van der Waals surface area contributed by atoms with Gasteiger partial charge in [-0.1, -0.05) is 0 Å². The van der Waals surface area contributed by atoms with Gasteiger partial charge in [-0.3, -0.25) is 4.90 Å². The van der Waals surface area contributed by atoms with Crippen LogP contribution in [-0.4, -0.2) is 45.5 Å². The first-order valence-corrected chi connectivity index (χ1v) is 7.83. The van der Waals surface area contributed by atoms with E-state index in [0.717, 1.165) is 12.3 Å². The number of hydrogen-bond acceptors (Lipinski definition) is 4. The molecule has 0 saturated heterocycles. The van der Waals surface area contributed by atoms with Gasteiger partial charge in [0.25, 0.3) is 0 Å². The van der Waals surface area contributed by atoms with Crippen molar-refractivity contribution in [2.75, 3.05) is 32.1 Å². The van der Waals surface area contributed by atoms with Crippen molar-refractivity contribution in [3.05, 3.63) is 35.4 Å². The summed E-state index contributed by atoms with van der Waals surface area (Å²) in [5.74, 6) is -1.38. The summed E-state index contributed by atoms with van der Waals surface area (Å²) in [6.45, 7) is 0.391. The molecule has 0 bridgehead atoms. The number of nitrogens with two attached hydrogens (primary N) is 1. The largest absolute Gasteiger partial charge is 0.329 e. The molecule has 1 rings (SSSR count). The number of likely N-dealkylation sites (N-methyl/N-ethyl adjacent to an activating group) is 1. The van der Waals surface area contributed by atoms with Crippen LogP contribution < -0.4 is 5.73 Å². The van der Waals surface area contributed by atoms with Gasteiger partial charge in [0.1, 0.15) is 21.5 Å². The average Bonchev–Trinajstić information content (AvgIpc) is 2.25. The Labute approximate surface area is 112 Å². The third kappa shape index (κ3) is 5.22. The zero-order valence-electron chi connectivity index (χ0n) is 10.9. The second-order valence-electron chi connectivity index (χ2n) is 4.56. The van der Waals surface area contributed by atoms with Crippen molar-refractivity contribution in [2.45, 2.75) is 6.04 Å². The molecule has 0 fully saturated rings. The summed E-state index contributed by atoms with van der Waals surface area (Å²) in [5, 5.41) is 0. The molecule has 0 heterocycles. The SMILES string of the molecule is CN(CCS(C)(=O)=O)C(CN)c1cc(F)cc(F)c1. The Morgan fingerprint density at radius 2 is 1.79 bits per heavy atom. The van der Waals surface area contributed by atoms with Gasteiger partial charge in [0.15, 0.2) is 0 Å². The van der Waals surface area contributed by atoms with Gasteiger partial charge in [0, 0.05) is 31.5 Å². The van der Waals surface area contributed by atoms with E-state index in [1.165, 1.54) is 12.1 Å². The number of hydrogen-bond donors (Lipinski definition) is 1. The molecule has 0 amide bonds. The Hall–Kier alpha value is -1.05. The number of rotatable bonds is 6. The first-order chi connectivity index (χ1) is 8.73. The van der Waals surface area contributed by atoms with Crippen LogP contribution in [0.3, 0.4) is 0 Å². The van der Waals surface area contributed by atoms with Crippen LogP contribution in [0, 0.1) is 11.6 Å². The minimum Gasteiger partial charge on any atom is -0.329 e. The van der Waals surface area contributed by atoms with Crippen molar-refractivity contribution < 1.29 is 17.2 Å². The second-order valence-corrected chi connectivity index (χ2v) is 6.82. The molecule has 1 unspecified atom stereocenters. The number of sulfone groups is 1. The molecule has 0 saturated carbocycles. The van der Waals surface area contributed by atoms with E-state index < -0.39 is 27.5 Å². The Kier molecular flexibility index (Phi) is 5.39. The summed E-state index contributed by atoms with van der Waals surface area (Å²) in [7, 11) is -1.42. The average molecular weight is 292 g/mol. The topological polar surface area (TPSA) is 63.4 Å². The first kappa shape index (κ1) is 16.0. The molecule has 7 heteroatoms. The molecule has 0 radical (unpaired) electrons. The fraction of sp³-hybridized carbons (Fsp3) is 0.500. The van der Waals surface area contributed by atoms with Gasteiger partial charge in [-0.05, 0) is 24.7 Å². The molecule has 0 aliphatic carbocycles. The van der Waals surface area contributed by atoms with E-state index in [1.54, 1.807) is 11.9 Å². The summed E-state index contributed by atoms with van der Waals surface area (Å²) >= 11 is 0. The van der Waals surface area contributed by atoms with E-state index in [1.807, 2.05) is 0 Å². The highest BCUT2D eigenvalue weighted by Crippen LogP contribution is 2.20. The van der Waals surface area contributed by atoms with Crippen molar-refractivity contribution in [3.8, 4) is 0 Å². The normalized spacial score (nSPS) is 13.8. The Balaban J connectivity index is 2.87. The van der Waals surface area contributed by atoms with Crippen LogP contribution in [0.25, 0.3) is 0 Å². The van der Waals surface area contributed by atoms with Crippen LogP contribution in [0.1, 0.15) is 11.6 Å². The molecule has 108 valence electrons. The van der Waals surface area contributed by atoms with Gasteiger partial charge in [-0.15, -0.1) is 0 Å². The third-order valence-electron chi connectivity index (χ3n) is 2.84. The van der Waals surface area contributed by atoms with Gasteiger partial charge in [0.05, 0.1) is 5.75 Å². The van der Waals surface area contributed by atoms with Gasteiger partial charge in [-0.2, -0.15) is 0 Å². The Morgan fingerprint density at radius 3 is 2.21 bits per heavy atom. The van der Waals surface area contributed by atoms with Crippen LogP contribution in [0.15, 0.2) is 18.2 Å². The predicted octanol–water partition coefficient (Wildman–Crippen LogP) is 0.941. The third-order valence-corrected chi connectivity index (χ3v) is 3.76. The van der Waals surface area contributed by atoms with Crippen molar-refractivity contribution in [1.82, 2.24) is 4.90 Å². The highest BCUT2D eigenvalue weighted by molar-refractivity contribution is 7.90. The predicted molar refractivity (Wildman–Crippen MR) is 70.5 cm³/mol. The smallest absolute Gasteiger partial charge is 0.148 e. The lowest BCUT2D eigenvalue weighted by molar-refractivity contribution is 0.263. The second kappa shape index (κ2) is 6.40. The van der Waals surface area contributed by atoms with Gasteiger partial charge in [0.2, 0.25) is 0 Å². The molecule has 0 aromatic heterocycles. The molecule has 0 spiro atoms. The lowest BCUT2D eigenvalue weighted by Crippen LogP contribution is -2.34. The Morgan fingerprint density at radius 1 is 1.26 bits per heavy atom. The van der Waals surface area contributed by atoms with Gasteiger partial charge < -0.3 is 5.73 Å². The van der Waals surface area contributed by atoms with Crippen molar-refractivity contribution >= 4 is 9.84 Å². The van der Waals surface area contributed by atoms with Crippen LogP contribution in [0.2, 0.25) is 0 Å². The summed E-state index contributed by atoms with van der Waals surface area (Å²) in [4.78, 5) is 1.68. The molecule has 1 atom stereocenters. The van der Waals surface area contributed by atoms with Gasteiger partial charge >= 0.3 is 0 Å². The maximum atomic E-state index is 13.2. The van der Waals surface area contributed by atoms with Crippen LogP contribution in [0.4, 0.5) is 8.78 Å². The zero-order valence-corrected chi connectivity index (χ0v) is 11.8. The number of nitrogens with zero attached hydrogens (tertiary/aromatic N) is 1. The van der Waals surface area contributed by atoms with E-state index in [9.17, 15) is 17.2 Å². The summed E-state index contributed by atoms with van der Waals surface area (Å²) < 4.78 is 48.6. The molecular formula is C12H18F2N2O2S. The van der Waals surface area contributed by atoms with Crippen molar-refractivity contribution in [3.63, 3.8) is 0 Å². The van der Waals surface area contributed by atoms with E-state index in [2.05, 4.69) is 0 Å². The standard InChI is InChI=1S/C12H18F2N2O2S/c1-16(3-4-19(2,17)18)12(8-15)9-5-10(13)7-11(14)6-9/h5-7,12H,3-4,8,15H2,1-2H3. The minimum atomic E-state index is -3.09. The Bertz CT molecular complexity index is 514. The first-order valence-electron chi connectivity index (χ1n) is 5.77. The molecule has 2 N–H and O–H groups in total. The number of halogens is 2. The molecule has 1 aromatic rings. The van der Waals surface area contributed by atoms with Crippen molar-refractivity contribution in [2.24, 2.45) is 5.73 Å². The van der Waals surface area contributed by atoms with Crippen molar-refractivity contribution in [1.29, 1.82) is 0 Å². The fourth-order valence-electron chi connectivity index (χ4n) is 1.80. The highest BCUT2D eigenvalue weighted by Gasteiger charge is 2.18. The molecule has 19 heavy (non-hydrogen) atoms. The lowest BCUT2D eigenvalue weighted by Gasteiger charge is -2.27. The maximum Gasteiger partial charge on any atom is 0.148 e. The molecule has 4 nitrogen and oxygen atoms in total.